The molecule has 4 heteroatoms. The maximum atomic E-state index is 9.49. The molecule has 2 fully saturated rings. The summed E-state index contributed by atoms with van der Waals surface area (Å²) < 4.78 is 0. The molecule has 3 rings (SSSR count). The molecule has 1 aromatic heterocycles. The zero-order valence-corrected chi connectivity index (χ0v) is 9.98. The lowest BCUT2D eigenvalue weighted by molar-refractivity contribution is 0.165. The third kappa shape index (κ3) is 1.62. The molecule has 1 N–H and O–H groups in total. The van der Waals surface area contributed by atoms with E-state index in [4.69, 9.17) is 11.6 Å². The fraction of sp³-hybridized carbons (Fsp3) is 0.667. The van der Waals surface area contributed by atoms with Gasteiger partial charge in [0, 0.05) is 18.0 Å². The van der Waals surface area contributed by atoms with E-state index in [2.05, 4.69) is 9.97 Å². The molecule has 0 radical (unpaired) electrons. The number of fused-ring (bicyclic) bond motifs is 1. The van der Waals surface area contributed by atoms with Crippen LogP contribution in [0.4, 0.5) is 0 Å². The first kappa shape index (κ1) is 10.5. The summed E-state index contributed by atoms with van der Waals surface area (Å²) in [4.78, 5) is 8.72. The van der Waals surface area contributed by atoms with E-state index in [1.54, 1.807) is 0 Å². The molecule has 0 bridgehead atoms. The molecular formula is C12H15ClN2O. The molecule has 2 aliphatic carbocycles. The maximum Gasteiger partial charge on any atom is 0.133 e. The van der Waals surface area contributed by atoms with E-state index in [0.29, 0.717) is 22.9 Å². The second-order valence-corrected chi connectivity index (χ2v) is 5.25. The molecular weight excluding hydrogens is 224 g/mol. The number of aryl methyl sites for hydroxylation is 1. The molecule has 1 aromatic rings. The molecule has 0 saturated heterocycles. The molecule has 2 atom stereocenters. The van der Waals surface area contributed by atoms with Gasteiger partial charge >= 0.3 is 0 Å². The number of nitrogens with zero attached hydrogens (tertiary/aromatic N) is 2. The summed E-state index contributed by atoms with van der Waals surface area (Å²) in [5.74, 6) is 2.61. The Morgan fingerprint density at radius 1 is 1.38 bits per heavy atom. The lowest BCUT2D eigenvalue weighted by Gasteiger charge is -2.08. The Hall–Kier alpha value is -0.670. The average Bonchev–Trinajstić information content (AvgIpc) is 2.76. The van der Waals surface area contributed by atoms with Crippen LogP contribution >= 0.6 is 11.6 Å². The van der Waals surface area contributed by atoms with Crippen LogP contribution in [0.15, 0.2) is 6.07 Å². The van der Waals surface area contributed by atoms with Crippen molar-refractivity contribution in [2.24, 2.45) is 11.8 Å². The Morgan fingerprint density at radius 3 is 2.69 bits per heavy atom. The maximum absolute atomic E-state index is 9.49. The molecule has 2 saturated carbocycles. The van der Waals surface area contributed by atoms with Crippen molar-refractivity contribution in [1.29, 1.82) is 0 Å². The van der Waals surface area contributed by atoms with Crippen LogP contribution < -0.4 is 0 Å². The average molecular weight is 239 g/mol. The van der Waals surface area contributed by atoms with Crippen molar-refractivity contribution in [3.8, 4) is 0 Å². The van der Waals surface area contributed by atoms with Crippen molar-refractivity contribution in [2.45, 2.75) is 38.2 Å². The van der Waals surface area contributed by atoms with Crippen LogP contribution in [-0.2, 0) is 6.42 Å². The first-order chi connectivity index (χ1) is 7.69. The van der Waals surface area contributed by atoms with Crippen molar-refractivity contribution < 1.29 is 5.11 Å². The van der Waals surface area contributed by atoms with Gasteiger partial charge in [0.15, 0.2) is 0 Å². The molecule has 0 amide bonds. The second kappa shape index (κ2) is 3.67. The third-order valence-corrected chi connectivity index (χ3v) is 4.03. The number of aliphatic hydroxyl groups is 1. The van der Waals surface area contributed by atoms with Gasteiger partial charge in [0.2, 0.25) is 0 Å². The summed E-state index contributed by atoms with van der Waals surface area (Å²) in [7, 11) is 0. The predicted octanol–water partition coefficient (Wildman–Crippen LogP) is 2.18. The molecule has 86 valence electrons. The minimum absolute atomic E-state index is 0.0887. The standard InChI is InChI=1S/C12H15ClN2O/c1-2-11-14-9(5-10(13)15-11)12-7-3-6(16)4-8(7)12/h5-8,12,16H,2-4H2,1H3. The first-order valence-electron chi connectivity index (χ1n) is 5.90. The lowest BCUT2D eigenvalue weighted by Crippen LogP contribution is -2.06. The van der Waals surface area contributed by atoms with Gasteiger partial charge in [0.25, 0.3) is 0 Å². The van der Waals surface area contributed by atoms with Gasteiger partial charge in [-0.1, -0.05) is 18.5 Å². The molecule has 0 spiro atoms. The van der Waals surface area contributed by atoms with Gasteiger partial charge in [-0.2, -0.15) is 0 Å². The Labute approximate surface area is 99.9 Å². The van der Waals surface area contributed by atoms with Crippen LogP contribution in [-0.4, -0.2) is 21.2 Å². The normalized spacial score (nSPS) is 36.2. The van der Waals surface area contributed by atoms with Crippen LogP contribution in [0.25, 0.3) is 0 Å². The van der Waals surface area contributed by atoms with Crippen molar-refractivity contribution in [2.75, 3.05) is 0 Å². The largest absolute Gasteiger partial charge is 0.393 e. The lowest BCUT2D eigenvalue weighted by atomic mass is 10.1. The highest BCUT2D eigenvalue weighted by atomic mass is 35.5. The van der Waals surface area contributed by atoms with Crippen molar-refractivity contribution >= 4 is 11.6 Å². The summed E-state index contributed by atoms with van der Waals surface area (Å²) in [5, 5.41) is 10.0. The van der Waals surface area contributed by atoms with Gasteiger partial charge in [0.05, 0.1) is 6.10 Å². The number of aliphatic hydroxyl groups excluding tert-OH is 1. The molecule has 0 aliphatic heterocycles. The quantitative estimate of drug-likeness (QED) is 0.804. The topological polar surface area (TPSA) is 46.0 Å². The van der Waals surface area contributed by atoms with E-state index in [9.17, 15) is 5.11 Å². The Bertz CT molecular complexity index is 411. The number of rotatable bonds is 2. The molecule has 16 heavy (non-hydrogen) atoms. The Balaban J connectivity index is 1.84. The highest BCUT2D eigenvalue weighted by molar-refractivity contribution is 6.29. The van der Waals surface area contributed by atoms with E-state index >= 15 is 0 Å². The summed E-state index contributed by atoms with van der Waals surface area (Å²) in [5.41, 5.74) is 1.08. The molecule has 1 heterocycles. The van der Waals surface area contributed by atoms with E-state index in [1.807, 2.05) is 13.0 Å². The van der Waals surface area contributed by atoms with Gasteiger partial charge in [-0.05, 0) is 30.7 Å². The third-order valence-electron chi connectivity index (χ3n) is 3.84. The molecule has 0 aromatic carbocycles. The van der Waals surface area contributed by atoms with Gasteiger partial charge in [0.1, 0.15) is 11.0 Å². The second-order valence-electron chi connectivity index (χ2n) is 4.86. The first-order valence-corrected chi connectivity index (χ1v) is 6.28. The highest BCUT2D eigenvalue weighted by Crippen LogP contribution is 2.62. The van der Waals surface area contributed by atoms with Gasteiger partial charge in [-0.15, -0.1) is 0 Å². The minimum Gasteiger partial charge on any atom is -0.393 e. The molecule has 2 unspecified atom stereocenters. The Morgan fingerprint density at radius 2 is 2.06 bits per heavy atom. The zero-order chi connectivity index (χ0) is 11.3. The van der Waals surface area contributed by atoms with Crippen molar-refractivity contribution in [3.05, 3.63) is 22.7 Å². The highest BCUT2D eigenvalue weighted by Gasteiger charge is 2.57. The fourth-order valence-electron chi connectivity index (χ4n) is 3.06. The SMILES string of the molecule is CCc1nc(Cl)cc(C2C3CC(O)CC32)n1. The van der Waals surface area contributed by atoms with Crippen LogP contribution in [0.1, 0.15) is 37.2 Å². The Kier molecular flexibility index (Phi) is 2.41. The number of aromatic nitrogens is 2. The van der Waals surface area contributed by atoms with Crippen LogP contribution in [0.2, 0.25) is 5.15 Å². The molecule has 2 aliphatic rings. The van der Waals surface area contributed by atoms with E-state index in [-0.39, 0.29) is 6.10 Å². The monoisotopic (exact) mass is 238 g/mol. The zero-order valence-electron chi connectivity index (χ0n) is 9.23. The summed E-state index contributed by atoms with van der Waals surface area (Å²) in [6, 6.07) is 1.89. The van der Waals surface area contributed by atoms with Crippen LogP contribution in [0.3, 0.4) is 0 Å². The van der Waals surface area contributed by atoms with Gasteiger partial charge in [-0.3, -0.25) is 0 Å². The fourth-order valence-corrected chi connectivity index (χ4v) is 3.27. The predicted molar refractivity (Wildman–Crippen MR) is 61.4 cm³/mol. The van der Waals surface area contributed by atoms with E-state index in [1.165, 1.54) is 0 Å². The number of halogens is 1. The van der Waals surface area contributed by atoms with Crippen LogP contribution in [0, 0.1) is 11.8 Å². The smallest absolute Gasteiger partial charge is 0.133 e. The van der Waals surface area contributed by atoms with Gasteiger partial charge in [-0.25, -0.2) is 9.97 Å². The summed E-state index contributed by atoms with van der Waals surface area (Å²) in [6.45, 7) is 2.03. The van der Waals surface area contributed by atoms with E-state index in [0.717, 1.165) is 30.8 Å². The van der Waals surface area contributed by atoms with Crippen LogP contribution in [0.5, 0.6) is 0 Å². The number of hydrogen-bond donors (Lipinski definition) is 1. The molecule has 3 nitrogen and oxygen atoms in total. The van der Waals surface area contributed by atoms with Crippen molar-refractivity contribution in [3.63, 3.8) is 0 Å². The van der Waals surface area contributed by atoms with E-state index < -0.39 is 0 Å². The van der Waals surface area contributed by atoms with Gasteiger partial charge < -0.3 is 5.11 Å². The summed E-state index contributed by atoms with van der Waals surface area (Å²) >= 11 is 5.99. The minimum atomic E-state index is -0.0887. The number of hydrogen-bond acceptors (Lipinski definition) is 3. The summed E-state index contributed by atoms with van der Waals surface area (Å²) in [6.07, 6.45) is 2.59. The van der Waals surface area contributed by atoms with Crippen molar-refractivity contribution in [1.82, 2.24) is 9.97 Å².